The fourth-order valence-electron chi connectivity index (χ4n) is 4.26. The number of benzene rings is 3. The Bertz CT molecular complexity index is 1390. The van der Waals surface area contributed by atoms with E-state index in [2.05, 4.69) is 4.74 Å². The summed E-state index contributed by atoms with van der Waals surface area (Å²) in [5, 5.41) is 0. The van der Waals surface area contributed by atoms with Gasteiger partial charge in [0.05, 0.1) is 26.2 Å². The Hall–Kier alpha value is -4.59. The SMILES string of the molecule is COC(=O)COc1cccc([C@H]2CC(=O)Oc3ccc4c(c32)O/C(=C\c2ccc(OC)cc2)C4=O)c1. The first-order chi connectivity index (χ1) is 17.5. The highest BCUT2D eigenvalue weighted by Crippen LogP contribution is 2.49. The van der Waals surface area contributed by atoms with Crippen LogP contribution < -0.4 is 18.9 Å². The van der Waals surface area contributed by atoms with Crippen LogP contribution in [0.3, 0.4) is 0 Å². The molecule has 0 unspecified atom stereocenters. The molecule has 0 radical (unpaired) electrons. The van der Waals surface area contributed by atoms with Crippen LogP contribution in [0.4, 0.5) is 0 Å². The van der Waals surface area contributed by atoms with E-state index in [4.69, 9.17) is 18.9 Å². The first kappa shape index (κ1) is 23.2. The molecule has 0 fully saturated rings. The van der Waals surface area contributed by atoms with Gasteiger partial charge in [-0.05, 0) is 53.6 Å². The van der Waals surface area contributed by atoms with Crippen molar-refractivity contribution >= 4 is 23.8 Å². The normalized spacial score (nSPS) is 17.1. The van der Waals surface area contributed by atoms with Gasteiger partial charge in [0.2, 0.25) is 5.78 Å². The molecule has 5 rings (SSSR count). The summed E-state index contributed by atoms with van der Waals surface area (Å²) < 4.78 is 26.9. The number of fused-ring (bicyclic) bond motifs is 3. The van der Waals surface area contributed by atoms with Crippen molar-refractivity contribution in [2.75, 3.05) is 20.8 Å². The number of Topliss-reactive ketones (excluding diaryl/α,β-unsaturated/α-hetero) is 1. The molecule has 0 aliphatic carbocycles. The average molecular weight is 486 g/mol. The van der Waals surface area contributed by atoms with E-state index >= 15 is 0 Å². The van der Waals surface area contributed by atoms with Gasteiger partial charge < -0.3 is 23.7 Å². The Morgan fingerprint density at radius 3 is 2.56 bits per heavy atom. The molecule has 0 spiro atoms. The molecule has 2 heterocycles. The van der Waals surface area contributed by atoms with Gasteiger partial charge in [0, 0.05) is 11.5 Å². The van der Waals surface area contributed by atoms with Crippen molar-refractivity contribution in [3.8, 4) is 23.0 Å². The topological polar surface area (TPSA) is 97.4 Å². The number of rotatable bonds is 6. The number of carbonyl (C=O) groups is 3. The summed E-state index contributed by atoms with van der Waals surface area (Å²) in [5.41, 5.74) is 2.55. The number of ketones is 1. The minimum atomic E-state index is -0.507. The number of hydrogen-bond acceptors (Lipinski definition) is 8. The molecule has 0 N–H and O–H groups in total. The monoisotopic (exact) mass is 486 g/mol. The molecule has 3 aromatic carbocycles. The first-order valence-electron chi connectivity index (χ1n) is 11.2. The molecule has 2 aliphatic rings. The molecule has 0 aromatic heterocycles. The number of esters is 2. The molecule has 0 amide bonds. The molecule has 0 bridgehead atoms. The maximum Gasteiger partial charge on any atom is 0.343 e. The van der Waals surface area contributed by atoms with Gasteiger partial charge in [-0.25, -0.2) is 4.79 Å². The van der Waals surface area contributed by atoms with Crippen molar-refractivity contribution in [3.63, 3.8) is 0 Å². The van der Waals surface area contributed by atoms with Gasteiger partial charge >= 0.3 is 11.9 Å². The Morgan fingerprint density at radius 2 is 1.81 bits per heavy atom. The number of allylic oxidation sites excluding steroid dienone is 1. The zero-order valence-corrected chi connectivity index (χ0v) is 19.6. The van der Waals surface area contributed by atoms with Crippen LogP contribution in [0.15, 0.2) is 66.4 Å². The maximum absolute atomic E-state index is 13.2. The van der Waals surface area contributed by atoms with Crippen molar-refractivity contribution < 1.29 is 38.1 Å². The van der Waals surface area contributed by atoms with Gasteiger partial charge in [-0.1, -0.05) is 24.3 Å². The third-order valence-electron chi connectivity index (χ3n) is 6.04. The summed E-state index contributed by atoms with van der Waals surface area (Å²) in [5.74, 6) is 0.443. The Labute approximate surface area is 207 Å². The molecule has 1 atom stereocenters. The lowest BCUT2D eigenvalue weighted by molar-refractivity contribution is -0.143. The molecule has 0 saturated carbocycles. The van der Waals surface area contributed by atoms with E-state index in [9.17, 15) is 14.4 Å². The van der Waals surface area contributed by atoms with Crippen molar-refractivity contribution in [1.82, 2.24) is 0 Å². The Morgan fingerprint density at radius 1 is 1.00 bits per heavy atom. The second-order valence-corrected chi connectivity index (χ2v) is 8.24. The zero-order valence-electron chi connectivity index (χ0n) is 19.6. The van der Waals surface area contributed by atoms with E-state index < -0.39 is 17.9 Å². The van der Waals surface area contributed by atoms with Gasteiger partial charge in [-0.15, -0.1) is 0 Å². The minimum Gasteiger partial charge on any atom is -0.497 e. The predicted molar refractivity (Wildman–Crippen MR) is 128 cm³/mol. The Kier molecular flexibility index (Phi) is 6.16. The molecule has 36 heavy (non-hydrogen) atoms. The highest BCUT2D eigenvalue weighted by molar-refractivity contribution is 6.15. The average Bonchev–Trinajstić information content (AvgIpc) is 3.22. The highest BCUT2D eigenvalue weighted by Gasteiger charge is 2.38. The molecule has 182 valence electrons. The van der Waals surface area contributed by atoms with Crippen molar-refractivity contribution in [3.05, 3.63) is 88.7 Å². The minimum absolute atomic E-state index is 0.0545. The molecule has 2 aliphatic heterocycles. The zero-order chi connectivity index (χ0) is 25.2. The number of ether oxygens (including phenoxy) is 5. The fraction of sp³-hybridized carbons (Fsp3) is 0.179. The van der Waals surface area contributed by atoms with E-state index in [-0.39, 0.29) is 24.6 Å². The predicted octanol–water partition coefficient (Wildman–Crippen LogP) is 4.30. The van der Waals surface area contributed by atoms with E-state index in [0.29, 0.717) is 34.1 Å². The van der Waals surface area contributed by atoms with Crippen LogP contribution in [-0.2, 0) is 14.3 Å². The lowest BCUT2D eigenvalue weighted by Crippen LogP contribution is -2.21. The largest absolute Gasteiger partial charge is 0.497 e. The van der Waals surface area contributed by atoms with E-state index in [1.807, 2.05) is 18.2 Å². The molecule has 0 saturated heterocycles. The van der Waals surface area contributed by atoms with Gasteiger partial charge in [0.25, 0.3) is 0 Å². The van der Waals surface area contributed by atoms with Gasteiger partial charge in [-0.3, -0.25) is 9.59 Å². The van der Waals surface area contributed by atoms with Crippen LogP contribution >= 0.6 is 0 Å². The standard InChI is InChI=1S/C28H22O8/c1-32-18-8-6-16(7-9-18)12-23-27(31)20-10-11-22-26(28(20)36-23)21(14-24(29)35-22)17-4-3-5-19(13-17)34-15-25(30)33-2/h3-13,21H,14-15H2,1-2H3/b23-12-/t21-/m1/s1. The first-order valence-corrected chi connectivity index (χ1v) is 11.2. The van der Waals surface area contributed by atoms with Crippen LogP contribution in [0.5, 0.6) is 23.0 Å². The molecule has 8 nitrogen and oxygen atoms in total. The third kappa shape index (κ3) is 4.40. The summed E-state index contributed by atoms with van der Waals surface area (Å²) in [4.78, 5) is 37.0. The third-order valence-corrected chi connectivity index (χ3v) is 6.04. The summed E-state index contributed by atoms with van der Waals surface area (Å²) in [6.45, 7) is -0.240. The van der Waals surface area contributed by atoms with Gasteiger partial charge in [0.1, 0.15) is 23.0 Å². The van der Waals surface area contributed by atoms with Gasteiger partial charge in [0.15, 0.2) is 12.4 Å². The summed E-state index contributed by atoms with van der Waals surface area (Å²) in [7, 11) is 2.87. The van der Waals surface area contributed by atoms with Crippen LogP contribution in [0, 0.1) is 0 Å². The van der Waals surface area contributed by atoms with E-state index in [0.717, 1.165) is 11.1 Å². The summed E-state index contributed by atoms with van der Waals surface area (Å²) >= 11 is 0. The van der Waals surface area contributed by atoms with Crippen molar-refractivity contribution in [2.45, 2.75) is 12.3 Å². The summed E-state index contributed by atoms with van der Waals surface area (Å²) in [6, 6.07) is 17.5. The summed E-state index contributed by atoms with van der Waals surface area (Å²) in [6.07, 6.45) is 1.72. The molecular formula is C28H22O8. The number of methoxy groups -OCH3 is 2. The highest BCUT2D eigenvalue weighted by atomic mass is 16.6. The molecule has 8 heteroatoms. The lowest BCUT2D eigenvalue weighted by atomic mass is 9.84. The Balaban J connectivity index is 1.51. The van der Waals surface area contributed by atoms with Crippen molar-refractivity contribution in [2.24, 2.45) is 0 Å². The maximum atomic E-state index is 13.2. The van der Waals surface area contributed by atoms with Crippen molar-refractivity contribution in [1.29, 1.82) is 0 Å². The fourth-order valence-corrected chi connectivity index (χ4v) is 4.26. The van der Waals surface area contributed by atoms with Crippen LogP contribution in [-0.4, -0.2) is 38.5 Å². The molecule has 3 aromatic rings. The van der Waals surface area contributed by atoms with Crippen LogP contribution in [0.1, 0.15) is 39.4 Å². The number of hydrogen-bond donors (Lipinski definition) is 0. The second-order valence-electron chi connectivity index (χ2n) is 8.24. The van der Waals surface area contributed by atoms with E-state index in [1.54, 1.807) is 55.7 Å². The lowest BCUT2D eigenvalue weighted by Gasteiger charge is -2.26. The van der Waals surface area contributed by atoms with Crippen LogP contribution in [0.2, 0.25) is 0 Å². The smallest absolute Gasteiger partial charge is 0.343 e. The quantitative estimate of drug-likeness (QED) is 0.289. The molecular weight excluding hydrogens is 464 g/mol. The number of carbonyl (C=O) groups excluding carboxylic acids is 3. The van der Waals surface area contributed by atoms with Crippen LogP contribution in [0.25, 0.3) is 6.08 Å². The second kappa shape index (κ2) is 9.58. The van der Waals surface area contributed by atoms with E-state index in [1.165, 1.54) is 7.11 Å². The van der Waals surface area contributed by atoms with Gasteiger partial charge in [-0.2, -0.15) is 0 Å².